The first-order chi connectivity index (χ1) is 13.6. The van der Waals surface area contributed by atoms with Crippen molar-refractivity contribution in [3.8, 4) is 17.1 Å². The van der Waals surface area contributed by atoms with Gasteiger partial charge in [-0.25, -0.2) is 0 Å². The smallest absolute Gasteiger partial charge is 0.397 e. The van der Waals surface area contributed by atoms with Crippen molar-refractivity contribution in [2.75, 3.05) is 11.9 Å². The normalized spacial score (nSPS) is 10.6. The average Bonchev–Trinajstić information content (AvgIpc) is 3.20. The van der Waals surface area contributed by atoms with Crippen molar-refractivity contribution in [3.63, 3.8) is 0 Å². The van der Waals surface area contributed by atoms with Crippen molar-refractivity contribution in [1.82, 2.24) is 15.0 Å². The van der Waals surface area contributed by atoms with E-state index in [0.29, 0.717) is 5.69 Å². The molecule has 0 saturated carbocycles. The Morgan fingerprint density at radius 2 is 1.54 bits per heavy atom. The van der Waals surface area contributed by atoms with Crippen LogP contribution in [0.3, 0.4) is 0 Å². The number of amides is 1. The number of benzene rings is 3. The van der Waals surface area contributed by atoms with E-state index >= 15 is 0 Å². The van der Waals surface area contributed by atoms with Gasteiger partial charge in [0.2, 0.25) is 0 Å². The lowest BCUT2D eigenvalue weighted by Crippen LogP contribution is -2.43. The maximum Gasteiger partial charge on any atom is 0.397 e. The van der Waals surface area contributed by atoms with E-state index in [-0.39, 0.29) is 11.6 Å². The molecule has 0 radical (unpaired) electrons. The second kappa shape index (κ2) is 7.32. The van der Waals surface area contributed by atoms with Gasteiger partial charge in [-0.2, -0.15) is 0 Å². The predicted octanol–water partition coefficient (Wildman–Crippen LogP) is 2.53. The fraction of sp³-hybridized carbons (Fsp3) is 0.0476. The Bertz CT molecular complexity index is 1050. The molecular formula is C21H18N5O2+. The van der Waals surface area contributed by atoms with E-state index in [0.717, 1.165) is 11.4 Å². The summed E-state index contributed by atoms with van der Waals surface area (Å²) >= 11 is 0. The molecule has 7 heteroatoms. The van der Waals surface area contributed by atoms with Gasteiger partial charge in [0.15, 0.2) is 5.69 Å². The Morgan fingerprint density at radius 3 is 2.21 bits per heavy atom. The third kappa shape index (κ3) is 3.21. The Labute approximate surface area is 161 Å². The summed E-state index contributed by atoms with van der Waals surface area (Å²) in [4.78, 5) is 17.5. The van der Waals surface area contributed by atoms with Crippen molar-refractivity contribution in [3.05, 3.63) is 90.8 Å². The highest BCUT2D eigenvalue weighted by Crippen LogP contribution is 2.26. The van der Waals surface area contributed by atoms with Gasteiger partial charge >= 0.3 is 11.7 Å². The number of para-hydroxylation sites is 4. The molecule has 1 amide bonds. The summed E-state index contributed by atoms with van der Waals surface area (Å²) < 4.78 is 0. The lowest BCUT2D eigenvalue weighted by molar-refractivity contribution is -0.735. The number of phenolic OH excluding ortho intramolecular Hbond substituents is 1. The minimum Gasteiger partial charge on any atom is -0.506 e. The fourth-order valence-electron chi connectivity index (χ4n) is 2.83. The van der Waals surface area contributed by atoms with E-state index in [4.69, 9.17) is 0 Å². The number of rotatable bonds is 4. The van der Waals surface area contributed by atoms with E-state index in [1.807, 2.05) is 60.7 Å². The zero-order valence-electron chi connectivity index (χ0n) is 15.2. The average molecular weight is 372 g/mol. The predicted molar refractivity (Wildman–Crippen MR) is 104 cm³/mol. The number of carbonyl (C=O) groups is 1. The van der Waals surface area contributed by atoms with Gasteiger partial charge in [0.25, 0.3) is 0 Å². The van der Waals surface area contributed by atoms with Gasteiger partial charge in [0.1, 0.15) is 11.4 Å². The minimum absolute atomic E-state index is 0.0109. The molecular weight excluding hydrogens is 354 g/mol. The summed E-state index contributed by atoms with van der Waals surface area (Å²) in [7, 11) is 1.58. The Balaban J connectivity index is 1.79. The number of carbonyl (C=O) groups excluding carboxylic acids is 1. The molecule has 0 unspecified atom stereocenters. The highest BCUT2D eigenvalue weighted by Gasteiger charge is 2.30. The lowest BCUT2D eigenvalue weighted by atomic mass is 10.2. The molecule has 0 aliphatic carbocycles. The first kappa shape index (κ1) is 17.4. The third-order valence-corrected chi connectivity index (χ3v) is 4.27. The van der Waals surface area contributed by atoms with Gasteiger partial charge in [-0.3, -0.25) is 4.79 Å². The van der Waals surface area contributed by atoms with Crippen molar-refractivity contribution in [1.29, 1.82) is 0 Å². The molecule has 3 aromatic carbocycles. The molecule has 0 aliphatic rings. The number of nitrogens with zero attached hydrogens (tertiary/aromatic N) is 5. The molecule has 4 rings (SSSR count). The van der Waals surface area contributed by atoms with E-state index in [9.17, 15) is 9.90 Å². The van der Waals surface area contributed by atoms with Crippen molar-refractivity contribution in [2.45, 2.75) is 0 Å². The van der Waals surface area contributed by atoms with E-state index in [2.05, 4.69) is 10.2 Å². The molecule has 0 fully saturated rings. The van der Waals surface area contributed by atoms with Crippen LogP contribution in [-0.4, -0.2) is 33.1 Å². The second-order valence-electron chi connectivity index (χ2n) is 6.13. The van der Waals surface area contributed by atoms with Crippen LogP contribution in [0.1, 0.15) is 10.6 Å². The van der Waals surface area contributed by atoms with E-state index < -0.39 is 5.91 Å². The molecule has 1 aromatic heterocycles. The van der Waals surface area contributed by atoms with Crippen molar-refractivity contribution >= 4 is 11.6 Å². The summed E-state index contributed by atoms with van der Waals surface area (Å²) in [5, 5.41) is 18.9. The Morgan fingerprint density at radius 1 is 0.929 bits per heavy atom. The van der Waals surface area contributed by atoms with Crippen LogP contribution < -0.4 is 9.70 Å². The van der Waals surface area contributed by atoms with Gasteiger partial charge in [-0.05, 0) is 41.2 Å². The summed E-state index contributed by atoms with van der Waals surface area (Å²) in [6, 6.07) is 25.5. The molecule has 28 heavy (non-hydrogen) atoms. The van der Waals surface area contributed by atoms with Crippen molar-refractivity contribution < 1.29 is 14.7 Å². The van der Waals surface area contributed by atoms with Crippen LogP contribution in [-0.2, 0) is 0 Å². The number of hydrogen-bond acceptors (Lipinski definition) is 4. The van der Waals surface area contributed by atoms with Crippen LogP contribution >= 0.6 is 0 Å². The van der Waals surface area contributed by atoms with Crippen LogP contribution in [0.2, 0.25) is 0 Å². The van der Waals surface area contributed by atoms with Gasteiger partial charge in [-0.15, -0.1) is 0 Å². The molecule has 1 heterocycles. The van der Waals surface area contributed by atoms with Gasteiger partial charge in [0.05, 0.1) is 10.8 Å². The summed E-state index contributed by atoms with van der Waals surface area (Å²) in [5.41, 5.74) is 1.92. The molecule has 0 bridgehead atoms. The molecule has 0 aliphatic heterocycles. The van der Waals surface area contributed by atoms with Gasteiger partial charge in [-0.1, -0.05) is 48.5 Å². The second-order valence-corrected chi connectivity index (χ2v) is 6.13. The fourth-order valence-corrected chi connectivity index (χ4v) is 2.83. The lowest BCUT2D eigenvalue weighted by Gasteiger charge is -2.14. The quantitative estimate of drug-likeness (QED) is 0.559. The minimum atomic E-state index is -0.430. The van der Waals surface area contributed by atoms with Gasteiger partial charge in [0, 0.05) is 16.9 Å². The van der Waals surface area contributed by atoms with Crippen molar-refractivity contribution in [2.24, 2.45) is 0 Å². The third-order valence-electron chi connectivity index (χ3n) is 4.27. The summed E-state index contributed by atoms with van der Waals surface area (Å²) in [6.07, 6.45) is 0. The summed E-state index contributed by atoms with van der Waals surface area (Å²) in [6.45, 7) is 0. The van der Waals surface area contributed by atoms with Crippen LogP contribution in [0.15, 0.2) is 84.9 Å². The van der Waals surface area contributed by atoms with Gasteiger partial charge < -0.3 is 10.0 Å². The zero-order chi connectivity index (χ0) is 19.5. The molecule has 0 atom stereocenters. The number of anilines is 1. The molecule has 1 N–H and O–H groups in total. The molecule has 4 aromatic rings. The largest absolute Gasteiger partial charge is 0.506 e. The topological polar surface area (TPSA) is 75.1 Å². The highest BCUT2D eigenvalue weighted by molar-refractivity contribution is 6.03. The number of aromatic nitrogens is 4. The number of hydrogen-bond donors (Lipinski definition) is 1. The Hall–Kier alpha value is -4.00. The molecule has 0 spiro atoms. The highest BCUT2D eigenvalue weighted by atomic mass is 16.3. The first-order valence-electron chi connectivity index (χ1n) is 8.72. The number of phenols is 1. The standard InChI is InChI=1S/C21H17N5O2/c1-24(18-14-8-9-15-19(18)27)21(28)20-22-25(16-10-4-2-5-11-16)26(23-20)17-12-6-3-7-13-17/h2-15H,1H3/p+1. The maximum absolute atomic E-state index is 13.0. The van der Waals surface area contributed by atoms with Crippen LogP contribution in [0, 0.1) is 0 Å². The van der Waals surface area contributed by atoms with Crippen LogP contribution in [0.25, 0.3) is 11.4 Å². The van der Waals surface area contributed by atoms with Crippen LogP contribution in [0.5, 0.6) is 5.75 Å². The SMILES string of the molecule is CN(C(=O)c1nn(-c2ccccc2)[n+](-c2ccccc2)n1)c1ccccc1O. The molecule has 0 saturated heterocycles. The van der Waals surface area contributed by atoms with E-state index in [1.54, 1.807) is 34.8 Å². The number of aromatic hydroxyl groups is 1. The van der Waals surface area contributed by atoms with E-state index in [1.165, 1.54) is 11.0 Å². The number of tetrazole rings is 1. The monoisotopic (exact) mass is 372 g/mol. The molecule has 138 valence electrons. The summed E-state index contributed by atoms with van der Waals surface area (Å²) in [5.74, 6) is -0.406. The maximum atomic E-state index is 13.0. The molecule has 7 nitrogen and oxygen atoms in total. The Kier molecular flexibility index (Phi) is 4.55. The first-order valence-corrected chi connectivity index (χ1v) is 8.72. The van der Waals surface area contributed by atoms with Crippen LogP contribution in [0.4, 0.5) is 5.69 Å². The zero-order valence-corrected chi connectivity index (χ0v) is 15.2.